The number of aryl methyl sites for hydroxylation is 1. The number of anilines is 4. The summed E-state index contributed by atoms with van der Waals surface area (Å²) >= 11 is 0. The number of hydrogen-bond acceptors (Lipinski definition) is 4. The summed E-state index contributed by atoms with van der Waals surface area (Å²) < 4.78 is 9.10. The molecule has 0 atom stereocenters. The van der Waals surface area contributed by atoms with E-state index >= 15 is 0 Å². The molecule has 3 aliphatic heterocycles. The zero-order valence-corrected chi connectivity index (χ0v) is 21.7. The van der Waals surface area contributed by atoms with Crippen molar-refractivity contribution in [3.8, 4) is 27.9 Å². The highest BCUT2D eigenvalue weighted by molar-refractivity contribution is 6.84. The Morgan fingerprint density at radius 3 is 2.45 bits per heavy atom. The number of benzene rings is 5. The molecule has 0 saturated heterocycles. The lowest BCUT2D eigenvalue weighted by Crippen LogP contribution is -2.59. The fraction of sp³-hybridized carbons (Fsp3) is 0.0294. The van der Waals surface area contributed by atoms with E-state index in [0.717, 1.165) is 45.3 Å². The van der Waals surface area contributed by atoms with Crippen LogP contribution in [0, 0.1) is 6.92 Å². The standard InChI is InChI=1S/C34H21BN4O/c1-20-14-16-26-24(18-20)23-10-7-13-30-31(23)32-33(40-30)39-28-17-15-22(21-8-3-2-4-9-21)19-29(28)37-27-12-6-5-11-25(27)36-34(37)35(39)38(26)32/h2-19H,1H3. The van der Waals surface area contributed by atoms with Gasteiger partial charge >= 0.3 is 6.98 Å². The summed E-state index contributed by atoms with van der Waals surface area (Å²) in [6, 6.07) is 39.0. The first-order valence-corrected chi connectivity index (χ1v) is 13.7. The molecule has 40 heavy (non-hydrogen) atoms. The number of hydrogen-bond donors (Lipinski definition) is 0. The average Bonchev–Trinajstić information content (AvgIpc) is 3.67. The van der Waals surface area contributed by atoms with Crippen LogP contribution >= 0.6 is 0 Å². The first kappa shape index (κ1) is 20.7. The predicted octanol–water partition coefficient (Wildman–Crippen LogP) is 7.73. The second kappa shape index (κ2) is 7.04. The maximum atomic E-state index is 6.74. The summed E-state index contributed by atoms with van der Waals surface area (Å²) in [6.45, 7) is 1.99. The van der Waals surface area contributed by atoms with Crippen molar-refractivity contribution in [3.63, 3.8) is 0 Å². The molecule has 0 spiro atoms. The summed E-state index contributed by atoms with van der Waals surface area (Å²) in [5.74, 6) is 0.880. The fourth-order valence-electron chi connectivity index (χ4n) is 7.07. The van der Waals surface area contributed by atoms with E-state index in [2.05, 4.69) is 130 Å². The van der Waals surface area contributed by atoms with Crippen LogP contribution in [0.5, 0.6) is 0 Å². The van der Waals surface area contributed by atoms with Crippen molar-refractivity contribution in [3.05, 3.63) is 115 Å². The number of furan rings is 1. The molecule has 5 nitrogen and oxygen atoms in total. The third kappa shape index (κ3) is 2.39. The van der Waals surface area contributed by atoms with E-state index in [0.29, 0.717) is 0 Å². The Morgan fingerprint density at radius 1 is 0.675 bits per heavy atom. The molecule has 0 fully saturated rings. The van der Waals surface area contributed by atoms with Crippen molar-refractivity contribution in [1.29, 1.82) is 0 Å². The number of imidazole rings is 1. The van der Waals surface area contributed by atoms with Gasteiger partial charge in [0, 0.05) is 11.3 Å². The Kier molecular flexibility index (Phi) is 3.64. The maximum Gasteiger partial charge on any atom is 0.461 e. The average molecular weight is 512 g/mol. The fourth-order valence-corrected chi connectivity index (χ4v) is 7.07. The number of para-hydroxylation sites is 2. The zero-order chi connectivity index (χ0) is 26.1. The van der Waals surface area contributed by atoms with Crippen LogP contribution in [-0.2, 0) is 0 Å². The lowest BCUT2D eigenvalue weighted by molar-refractivity contribution is 0.627. The SMILES string of the molecule is Cc1ccc2c(c1)-c1cccc3oc4c(c13)N2B1c2nc3ccccc3n2-c2cc(-c3ccccc3)ccc2N14. The summed E-state index contributed by atoms with van der Waals surface area (Å²) in [5, 5.41) is 1.18. The molecule has 0 radical (unpaired) electrons. The third-order valence-corrected chi connectivity index (χ3v) is 8.72. The van der Waals surface area contributed by atoms with Gasteiger partial charge in [-0.2, -0.15) is 0 Å². The number of aromatic nitrogens is 2. The van der Waals surface area contributed by atoms with Gasteiger partial charge in [-0.3, -0.25) is 4.57 Å². The highest BCUT2D eigenvalue weighted by atomic mass is 16.4. The van der Waals surface area contributed by atoms with Crippen molar-refractivity contribution < 1.29 is 4.42 Å². The predicted molar refractivity (Wildman–Crippen MR) is 163 cm³/mol. The van der Waals surface area contributed by atoms with E-state index in [1.54, 1.807) is 0 Å². The Hall–Kier alpha value is -5.23. The van der Waals surface area contributed by atoms with Gasteiger partial charge in [0.05, 0.1) is 27.8 Å². The highest BCUT2D eigenvalue weighted by Crippen LogP contribution is 2.60. The van der Waals surface area contributed by atoms with Crippen molar-refractivity contribution in [2.75, 3.05) is 9.62 Å². The normalized spacial score (nSPS) is 14.0. The Labute approximate surface area is 230 Å². The van der Waals surface area contributed by atoms with Gasteiger partial charge in [-0.1, -0.05) is 72.3 Å². The number of rotatable bonds is 1. The van der Waals surface area contributed by atoms with Gasteiger partial charge in [-0.15, -0.1) is 0 Å². The second-order valence-electron chi connectivity index (χ2n) is 10.9. The van der Waals surface area contributed by atoms with E-state index in [1.807, 2.05) is 0 Å². The molecule has 10 rings (SSSR count). The van der Waals surface area contributed by atoms with Gasteiger partial charge in [0.2, 0.25) is 5.88 Å². The van der Waals surface area contributed by atoms with Gasteiger partial charge in [0.1, 0.15) is 17.0 Å². The summed E-state index contributed by atoms with van der Waals surface area (Å²) in [7, 11) is 0. The van der Waals surface area contributed by atoms with E-state index in [4.69, 9.17) is 9.40 Å². The molecule has 0 unspecified atom stereocenters. The lowest BCUT2D eigenvalue weighted by atomic mass is 9.68. The van der Waals surface area contributed by atoms with Crippen LogP contribution in [0.1, 0.15) is 5.56 Å². The monoisotopic (exact) mass is 512 g/mol. The Morgan fingerprint density at radius 2 is 1.52 bits per heavy atom. The molecule has 0 N–H and O–H groups in total. The van der Waals surface area contributed by atoms with Crippen molar-refractivity contribution in [2.45, 2.75) is 6.92 Å². The van der Waals surface area contributed by atoms with Gasteiger partial charge in [0.25, 0.3) is 0 Å². The van der Waals surface area contributed by atoms with E-state index in [9.17, 15) is 0 Å². The number of fused-ring (bicyclic) bond motifs is 13. The minimum atomic E-state index is -0.171. The molecular formula is C34H21BN4O. The summed E-state index contributed by atoms with van der Waals surface area (Å²) in [6.07, 6.45) is 0. The summed E-state index contributed by atoms with van der Waals surface area (Å²) in [5.41, 5.74) is 14.6. The van der Waals surface area contributed by atoms with Crippen molar-refractivity contribution in [1.82, 2.24) is 9.55 Å². The summed E-state index contributed by atoms with van der Waals surface area (Å²) in [4.78, 5) is 10.1. The van der Waals surface area contributed by atoms with E-state index < -0.39 is 0 Å². The van der Waals surface area contributed by atoms with Crippen molar-refractivity contribution in [2.24, 2.45) is 0 Å². The zero-order valence-electron chi connectivity index (χ0n) is 21.7. The molecule has 0 amide bonds. The highest BCUT2D eigenvalue weighted by Gasteiger charge is 2.55. The lowest BCUT2D eigenvalue weighted by Gasteiger charge is -2.36. The van der Waals surface area contributed by atoms with Crippen LogP contribution in [-0.4, -0.2) is 16.5 Å². The van der Waals surface area contributed by atoms with E-state index in [-0.39, 0.29) is 6.98 Å². The molecule has 7 aromatic rings. The third-order valence-electron chi connectivity index (χ3n) is 8.72. The van der Waals surface area contributed by atoms with Crippen LogP contribution < -0.4 is 15.3 Å². The first-order valence-electron chi connectivity index (χ1n) is 13.7. The molecule has 0 aliphatic carbocycles. The first-order chi connectivity index (χ1) is 19.8. The molecule has 2 aromatic heterocycles. The number of nitrogens with zero attached hydrogens (tertiary/aromatic N) is 4. The van der Waals surface area contributed by atoms with Gasteiger partial charge in [-0.25, -0.2) is 4.98 Å². The topological polar surface area (TPSA) is 37.4 Å². The van der Waals surface area contributed by atoms with Gasteiger partial charge < -0.3 is 14.0 Å². The molecule has 5 heterocycles. The van der Waals surface area contributed by atoms with Gasteiger partial charge in [-0.05, 0) is 66.1 Å². The van der Waals surface area contributed by atoms with Crippen LogP contribution in [0.15, 0.2) is 114 Å². The molecule has 0 saturated carbocycles. The van der Waals surface area contributed by atoms with Crippen LogP contribution in [0.4, 0.5) is 22.9 Å². The van der Waals surface area contributed by atoms with Crippen LogP contribution in [0.2, 0.25) is 0 Å². The molecule has 5 aromatic carbocycles. The quantitative estimate of drug-likeness (QED) is 0.211. The molecular weight excluding hydrogens is 491 g/mol. The van der Waals surface area contributed by atoms with Crippen LogP contribution in [0.25, 0.3) is 49.9 Å². The Balaban J connectivity index is 1.33. The molecule has 3 aliphatic rings. The van der Waals surface area contributed by atoms with E-state index in [1.165, 1.54) is 38.9 Å². The molecule has 6 heteroatoms. The molecule has 186 valence electrons. The minimum absolute atomic E-state index is 0.171. The maximum absolute atomic E-state index is 6.74. The van der Waals surface area contributed by atoms with Gasteiger partial charge in [0.15, 0.2) is 0 Å². The van der Waals surface area contributed by atoms with Crippen molar-refractivity contribution >= 4 is 57.7 Å². The largest absolute Gasteiger partial charge is 0.461 e. The minimum Gasteiger partial charge on any atom is -0.439 e. The molecule has 0 bridgehead atoms. The smallest absolute Gasteiger partial charge is 0.439 e. The second-order valence-corrected chi connectivity index (χ2v) is 10.9. The Bertz CT molecular complexity index is 2210. The van der Waals surface area contributed by atoms with Crippen LogP contribution in [0.3, 0.4) is 0 Å².